The molecule has 0 fully saturated rings. The van der Waals surface area contributed by atoms with Crippen molar-refractivity contribution in [3.63, 3.8) is 0 Å². The van der Waals surface area contributed by atoms with Crippen LogP contribution in [0.1, 0.15) is 32.4 Å². The number of rotatable bonds is 8. The number of hydrogen-bond donors (Lipinski definition) is 2. The topological polar surface area (TPSA) is 67.3 Å². The number of aliphatic hydroxyl groups is 1. The maximum atomic E-state index is 8.92. The first-order valence-electron chi connectivity index (χ1n) is 6.49. The van der Waals surface area contributed by atoms with Gasteiger partial charge in [-0.15, -0.1) is 0 Å². The van der Waals surface area contributed by atoms with Crippen LogP contribution in [0, 0.1) is 12.8 Å². The van der Waals surface area contributed by atoms with Crippen LogP contribution in [0.15, 0.2) is 6.07 Å². The highest BCUT2D eigenvalue weighted by Crippen LogP contribution is 2.12. The fraction of sp³-hybridized carbons (Fsp3) is 0.692. The first kappa shape index (κ1) is 14.7. The van der Waals surface area contributed by atoms with Gasteiger partial charge >= 0.3 is 0 Å². The summed E-state index contributed by atoms with van der Waals surface area (Å²) in [4.78, 5) is 8.57. The van der Waals surface area contributed by atoms with Gasteiger partial charge < -0.3 is 15.2 Å². The van der Waals surface area contributed by atoms with Gasteiger partial charge in [-0.2, -0.15) is 4.98 Å². The molecule has 0 bridgehead atoms. The van der Waals surface area contributed by atoms with E-state index in [1.54, 1.807) is 0 Å². The number of ether oxygens (including phenoxy) is 1. The fourth-order valence-electron chi connectivity index (χ4n) is 1.58. The number of hydrogen-bond acceptors (Lipinski definition) is 5. The Hall–Kier alpha value is -1.36. The zero-order chi connectivity index (χ0) is 13.4. The molecule has 5 heteroatoms. The third-order valence-electron chi connectivity index (χ3n) is 2.59. The van der Waals surface area contributed by atoms with Crippen LogP contribution in [0.5, 0.6) is 5.88 Å². The van der Waals surface area contributed by atoms with Crippen molar-refractivity contribution < 1.29 is 9.84 Å². The molecule has 2 N–H and O–H groups in total. The smallest absolute Gasteiger partial charge is 0.226 e. The summed E-state index contributed by atoms with van der Waals surface area (Å²) in [7, 11) is 0. The number of nitrogens with one attached hydrogen (secondary N) is 1. The van der Waals surface area contributed by atoms with E-state index in [-0.39, 0.29) is 6.61 Å². The first-order chi connectivity index (χ1) is 8.65. The molecule has 1 aromatic rings. The van der Waals surface area contributed by atoms with Gasteiger partial charge in [0.1, 0.15) is 0 Å². The van der Waals surface area contributed by atoms with Crippen LogP contribution in [0.4, 0.5) is 5.95 Å². The normalized spacial score (nSPS) is 12.2. The second-order valence-electron chi connectivity index (χ2n) is 4.46. The highest BCUT2D eigenvalue weighted by Gasteiger charge is 2.03. The number of anilines is 1. The molecule has 18 heavy (non-hydrogen) atoms. The average molecular weight is 253 g/mol. The number of aryl methyl sites for hydroxylation is 1. The number of aliphatic hydroxyl groups excluding tert-OH is 1. The molecule has 0 saturated heterocycles. The molecule has 0 saturated carbocycles. The predicted octanol–water partition coefficient (Wildman–Crippen LogP) is 2.00. The van der Waals surface area contributed by atoms with Crippen molar-refractivity contribution >= 4 is 5.95 Å². The molecule has 0 amide bonds. The molecule has 1 atom stereocenters. The van der Waals surface area contributed by atoms with Crippen molar-refractivity contribution in [1.82, 2.24) is 9.97 Å². The maximum absolute atomic E-state index is 8.92. The van der Waals surface area contributed by atoms with Gasteiger partial charge in [0.05, 0.1) is 6.61 Å². The Kier molecular flexibility index (Phi) is 6.43. The minimum atomic E-state index is 0.245. The Bertz CT molecular complexity index is 358. The fourth-order valence-corrected chi connectivity index (χ4v) is 1.58. The van der Waals surface area contributed by atoms with Crippen molar-refractivity contribution in [1.29, 1.82) is 0 Å². The Morgan fingerprint density at radius 1 is 1.44 bits per heavy atom. The predicted molar refractivity (Wildman–Crippen MR) is 71.9 cm³/mol. The average Bonchev–Trinajstić information content (AvgIpc) is 2.34. The molecule has 0 aliphatic carbocycles. The first-order valence-corrected chi connectivity index (χ1v) is 6.49. The molecule has 102 valence electrons. The molecule has 0 spiro atoms. The van der Waals surface area contributed by atoms with Crippen LogP contribution in [0.25, 0.3) is 0 Å². The van der Waals surface area contributed by atoms with Gasteiger partial charge in [-0.3, -0.25) is 0 Å². The monoisotopic (exact) mass is 253 g/mol. The van der Waals surface area contributed by atoms with E-state index >= 15 is 0 Å². The second kappa shape index (κ2) is 7.87. The largest absolute Gasteiger partial charge is 0.478 e. The van der Waals surface area contributed by atoms with Gasteiger partial charge in [-0.25, -0.2) is 4.98 Å². The number of aromatic nitrogens is 2. The van der Waals surface area contributed by atoms with E-state index in [1.807, 2.05) is 26.8 Å². The lowest BCUT2D eigenvalue weighted by atomic mass is 10.1. The van der Waals surface area contributed by atoms with Crippen molar-refractivity contribution in [2.45, 2.75) is 33.6 Å². The van der Waals surface area contributed by atoms with Crippen molar-refractivity contribution in [2.75, 3.05) is 25.1 Å². The van der Waals surface area contributed by atoms with Gasteiger partial charge in [0.15, 0.2) is 0 Å². The zero-order valence-electron chi connectivity index (χ0n) is 11.4. The lowest BCUT2D eigenvalue weighted by molar-refractivity contribution is 0.229. The quantitative estimate of drug-likeness (QED) is 0.694. The third-order valence-corrected chi connectivity index (χ3v) is 2.59. The van der Waals surface area contributed by atoms with Gasteiger partial charge in [0.2, 0.25) is 11.8 Å². The van der Waals surface area contributed by atoms with Gasteiger partial charge in [0, 0.05) is 24.9 Å². The van der Waals surface area contributed by atoms with Crippen molar-refractivity contribution in [2.24, 2.45) is 5.92 Å². The Balaban J connectivity index is 2.41. The SMILES string of the molecule is CCOc1cc(C)nc(NCCCC(C)CO)n1. The molecule has 0 radical (unpaired) electrons. The standard InChI is InChI=1S/C13H23N3O2/c1-4-18-12-8-11(3)15-13(16-12)14-7-5-6-10(2)9-17/h8,10,17H,4-7,9H2,1-3H3,(H,14,15,16). The molecule has 1 unspecified atom stereocenters. The van der Waals surface area contributed by atoms with Crippen LogP contribution in [-0.4, -0.2) is 34.8 Å². The highest BCUT2D eigenvalue weighted by atomic mass is 16.5. The van der Waals surface area contributed by atoms with E-state index in [0.29, 0.717) is 24.4 Å². The maximum Gasteiger partial charge on any atom is 0.226 e. The van der Waals surface area contributed by atoms with E-state index in [9.17, 15) is 0 Å². The lowest BCUT2D eigenvalue weighted by Gasteiger charge is -2.10. The molecule has 1 aromatic heterocycles. The second-order valence-corrected chi connectivity index (χ2v) is 4.46. The third kappa shape index (κ3) is 5.31. The van der Waals surface area contributed by atoms with Crippen molar-refractivity contribution in [3.05, 3.63) is 11.8 Å². The Morgan fingerprint density at radius 3 is 2.89 bits per heavy atom. The summed E-state index contributed by atoms with van der Waals surface area (Å²) >= 11 is 0. The molecule has 5 nitrogen and oxygen atoms in total. The van der Waals surface area contributed by atoms with Crippen LogP contribution in [0.2, 0.25) is 0 Å². The molecule has 1 heterocycles. The molecular formula is C13H23N3O2. The van der Waals surface area contributed by atoms with E-state index in [1.165, 1.54) is 0 Å². The summed E-state index contributed by atoms with van der Waals surface area (Å²) in [5.41, 5.74) is 0.889. The van der Waals surface area contributed by atoms with E-state index in [0.717, 1.165) is 25.1 Å². The van der Waals surface area contributed by atoms with E-state index in [2.05, 4.69) is 15.3 Å². The minimum Gasteiger partial charge on any atom is -0.478 e. The molecule has 0 aliphatic heterocycles. The van der Waals surface area contributed by atoms with E-state index in [4.69, 9.17) is 9.84 Å². The van der Waals surface area contributed by atoms with Gasteiger partial charge in [-0.1, -0.05) is 6.92 Å². The zero-order valence-corrected chi connectivity index (χ0v) is 11.4. The molecule has 1 rings (SSSR count). The summed E-state index contributed by atoms with van der Waals surface area (Å²) in [5.74, 6) is 1.57. The molecular weight excluding hydrogens is 230 g/mol. The van der Waals surface area contributed by atoms with Crippen LogP contribution in [-0.2, 0) is 0 Å². The van der Waals surface area contributed by atoms with Gasteiger partial charge in [0.25, 0.3) is 0 Å². The minimum absolute atomic E-state index is 0.245. The van der Waals surface area contributed by atoms with Crippen molar-refractivity contribution in [3.8, 4) is 5.88 Å². The molecule has 0 aliphatic rings. The highest BCUT2D eigenvalue weighted by molar-refractivity contribution is 5.30. The summed E-state index contributed by atoms with van der Waals surface area (Å²) in [5, 5.41) is 12.1. The Morgan fingerprint density at radius 2 is 2.22 bits per heavy atom. The number of nitrogens with zero attached hydrogens (tertiary/aromatic N) is 2. The van der Waals surface area contributed by atoms with Gasteiger partial charge in [-0.05, 0) is 32.6 Å². The summed E-state index contributed by atoms with van der Waals surface area (Å²) in [6.45, 7) is 7.54. The van der Waals surface area contributed by atoms with Crippen LogP contribution in [0.3, 0.4) is 0 Å². The van der Waals surface area contributed by atoms with Crippen LogP contribution < -0.4 is 10.1 Å². The van der Waals surface area contributed by atoms with E-state index < -0.39 is 0 Å². The summed E-state index contributed by atoms with van der Waals surface area (Å²) < 4.78 is 5.37. The Labute approximate surface area is 109 Å². The summed E-state index contributed by atoms with van der Waals surface area (Å²) in [6.07, 6.45) is 1.98. The molecule has 0 aromatic carbocycles. The summed E-state index contributed by atoms with van der Waals surface area (Å²) in [6, 6.07) is 1.82. The van der Waals surface area contributed by atoms with Crippen LogP contribution >= 0.6 is 0 Å². The lowest BCUT2D eigenvalue weighted by Crippen LogP contribution is -2.09.